The van der Waals surface area contributed by atoms with Gasteiger partial charge in [0.1, 0.15) is 12.2 Å². The van der Waals surface area contributed by atoms with Gasteiger partial charge in [-0.25, -0.2) is 19.6 Å². The Bertz CT molecular complexity index is 1120. The van der Waals surface area contributed by atoms with Crippen LogP contribution in [0.4, 0.5) is 11.6 Å². The summed E-state index contributed by atoms with van der Waals surface area (Å²) in [4.78, 5) is 12.9. The number of nitriles is 1. The molecule has 0 aliphatic carbocycles. The normalized spacial score (nSPS) is 10.4. The minimum Gasteiger partial charge on any atom is -0.324 e. The van der Waals surface area contributed by atoms with Gasteiger partial charge in [-0.2, -0.15) is 10.4 Å². The lowest BCUT2D eigenvalue weighted by atomic mass is 10.1. The fourth-order valence-corrected chi connectivity index (χ4v) is 2.62. The zero-order valence-electron chi connectivity index (χ0n) is 14.5. The van der Waals surface area contributed by atoms with Crippen molar-refractivity contribution in [2.24, 2.45) is 0 Å². The Morgan fingerprint density at radius 2 is 1.89 bits per heavy atom. The third-order valence-electron chi connectivity index (χ3n) is 3.94. The van der Waals surface area contributed by atoms with Crippen molar-refractivity contribution >= 4 is 11.6 Å². The van der Waals surface area contributed by atoms with Crippen LogP contribution in [0.3, 0.4) is 0 Å². The summed E-state index contributed by atoms with van der Waals surface area (Å²) in [5.74, 6) is 1.21. The summed E-state index contributed by atoms with van der Waals surface area (Å²) in [6.07, 6.45) is 3.37. The van der Waals surface area contributed by atoms with Gasteiger partial charge in [0.2, 0.25) is 5.95 Å². The molecule has 2 aromatic carbocycles. The van der Waals surface area contributed by atoms with Crippen LogP contribution in [0.2, 0.25) is 0 Å². The van der Waals surface area contributed by atoms with Crippen molar-refractivity contribution in [1.29, 1.82) is 5.26 Å². The van der Waals surface area contributed by atoms with E-state index in [4.69, 9.17) is 5.26 Å². The SMILES string of the molecule is Cc1ncn(-c2ccc(Nc3nccc(-c4cccc(C#N)c4)n3)cc2)n1. The van der Waals surface area contributed by atoms with Crippen LogP contribution in [-0.2, 0) is 0 Å². The number of hydrogen-bond acceptors (Lipinski definition) is 6. The molecule has 4 rings (SSSR count). The van der Waals surface area contributed by atoms with Crippen molar-refractivity contribution < 1.29 is 0 Å². The van der Waals surface area contributed by atoms with Crippen molar-refractivity contribution in [3.05, 3.63) is 78.5 Å². The van der Waals surface area contributed by atoms with Crippen molar-refractivity contribution in [1.82, 2.24) is 24.7 Å². The van der Waals surface area contributed by atoms with Gasteiger partial charge in [-0.3, -0.25) is 0 Å². The van der Waals surface area contributed by atoms with Gasteiger partial charge in [-0.15, -0.1) is 0 Å². The molecule has 0 unspecified atom stereocenters. The van der Waals surface area contributed by atoms with E-state index in [-0.39, 0.29) is 0 Å². The Morgan fingerprint density at radius 3 is 2.63 bits per heavy atom. The first-order chi connectivity index (χ1) is 13.2. The molecule has 7 nitrogen and oxygen atoms in total. The maximum atomic E-state index is 9.06. The van der Waals surface area contributed by atoms with E-state index in [9.17, 15) is 0 Å². The number of benzene rings is 2. The van der Waals surface area contributed by atoms with E-state index in [1.54, 1.807) is 29.3 Å². The number of anilines is 2. The van der Waals surface area contributed by atoms with Crippen molar-refractivity contribution in [2.45, 2.75) is 6.92 Å². The highest BCUT2D eigenvalue weighted by Crippen LogP contribution is 2.21. The molecule has 0 atom stereocenters. The van der Waals surface area contributed by atoms with E-state index in [1.807, 2.05) is 49.4 Å². The zero-order valence-corrected chi connectivity index (χ0v) is 14.5. The molecule has 0 bridgehead atoms. The predicted octanol–water partition coefficient (Wildman–Crippen LogP) is 3.65. The molecule has 0 spiro atoms. The van der Waals surface area contributed by atoms with Crippen molar-refractivity contribution in [2.75, 3.05) is 5.32 Å². The number of hydrogen-bond donors (Lipinski definition) is 1. The fourth-order valence-electron chi connectivity index (χ4n) is 2.62. The highest BCUT2D eigenvalue weighted by molar-refractivity contribution is 5.63. The first kappa shape index (κ1) is 16.4. The summed E-state index contributed by atoms with van der Waals surface area (Å²) in [6, 6.07) is 19.0. The smallest absolute Gasteiger partial charge is 0.227 e. The van der Waals surface area contributed by atoms with Gasteiger partial charge >= 0.3 is 0 Å². The molecule has 7 heteroatoms. The van der Waals surface area contributed by atoms with Gasteiger partial charge in [-0.05, 0) is 49.4 Å². The van der Waals surface area contributed by atoms with Crippen LogP contribution in [-0.4, -0.2) is 24.7 Å². The molecule has 0 aliphatic rings. The topological polar surface area (TPSA) is 92.3 Å². The first-order valence-corrected chi connectivity index (χ1v) is 8.30. The fraction of sp³-hybridized carbons (Fsp3) is 0.0500. The maximum Gasteiger partial charge on any atom is 0.227 e. The van der Waals surface area contributed by atoms with Gasteiger partial charge in [0.15, 0.2) is 0 Å². The lowest BCUT2D eigenvalue weighted by Crippen LogP contribution is -1.99. The number of aryl methyl sites for hydroxylation is 1. The van der Waals surface area contributed by atoms with Gasteiger partial charge in [-0.1, -0.05) is 12.1 Å². The molecular weight excluding hydrogens is 338 g/mol. The minimum atomic E-state index is 0.485. The molecule has 2 heterocycles. The predicted molar refractivity (Wildman–Crippen MR) is 102 cm³/mol. The Morgan fingerprint density at radius 1 is 1.04 bits per heavy atom. The lowest BCUT2D eigenvalue weighted by molar-refractivity contribution is 0.863. The summed E-state index contributed by atoms with van der Waals surface area (Å²) in [5, 5.41) is 16.5. The van der Waals surface area contributed by atoms with Crippen LogP contribution in [0.5, 0.6) is 0 Å². The van der Waals surface area contributed by atoms with Gasteiger partial charge in [0.05, 0.1) is 23.0 Å². The Kier molecular flexibility index (Phi) is 4.29. The van der Waals surface area contributed by atoms with Crippen LogP contribution in [0.15, 0.2) is 67.1 Å². The second-order valence-corrected chi connectivity index (χ2v) is 5.87. The molecular formula is C20H15N7. The molecule has 0 radical (unpaired) electrons. The third kappa shape index (κ3) is 3.65. The van der Waals surface area contributed by atoms with E-state index in [1.165, 1.54) is 0 Å². The molecule has 130 valence electrons. The van der Waals surface area contributed by atoms with Gasteiger partial charge < -0.3 is 5.32 Å². The average molecular weight is 353 g/mol. The Labute approximate surface area is 156 Å². The standard InChI is InChI=1S/C20H15N7/c1-14-23-13-27(26-14)18-7-5-17(6-8-18)24-20-22-10-9-19(25-20)16-4-2-3-15(11-16)12-21/h2-11,13H,1H3,(H,22,24,25). The summed E-state index contributed by atoms with van der Waals surface area (Å²) >= 11 is 0. The lowest BCUT2D eigenvalue weighted by Gasteiger charge is -2.08. The highest BCUT2D eigenvalue weighted by Gasteiger charge is 2.05. The largest absolute Gasteiger partial charge is 0.324 e. The molecule has 4 aromatic rings. The second-order valence-electron chi connectivity index (χ2n) is 5.87. The molecule has 1 N–H and O–H groups in total. The molecule has 0 saturated heterocycles. The monoisotopic (exact) mass is 353 g/mol. The quantitative estimate of drug-likeness (QED) is 0.602. The van der Waals surface area contributed by atoms with E-state index in [0.29, 0.717) is 11.5 Å². The van der Waals surface area contributed by atoms with Crippen LogP contribution in [0.1, 0.15) is 11.4 Å². The second kappa shape index (κ2) is 7.06. The number of nitrogens with zero attached hydrogens (tertiary/aromatic N) is 6. The maximum absolute atomic E-state index is 9.06. The number of rotatable bonds is 4. The van der Waals surface area contributed by atoms with Gasteiger partial charge in [0, 0.05) is 17.4 Å². The van der Waals surface area contributed by atoms with Crippen LogP contribution < -0.4 is 5.32 Å². The number of nitrogens with one attached hydrogen (secondary N) is 1. The molecule has 27 heavy (non-hydrogen) atoms. The number of aromatic nitrogens is 5. The summed E-state index contributed by atoms with van der Waals surface area (Å²) in [7, 11) is 0. The van der Waals surface area contributed by atoms with E-state index in [0.717, 1.165) is 28.5 Å². The van der Waals surface area contributed by atoms with Crippen LogP contribution >= 0.6 is 0 Å². The zero-order chi connectivity index (χ0) is 18.6. The van der Waals surface area contributed by atoms with E-state index >= 15 is 0 Å². The Balaban J connectivity index is 1.55. The van der Waals surface area contributed by atoms with Crippen LogP contribution in [0.25, 0.3) is 16.9 Å². The molecule has 0 amide bonds. The molecule has 2 aromatic heterocycles. The molecule has 0 saturated carbocycles. The Hall–Kier alpha value is -4.05. The van der Waals surface area contributed by atoms with Crippen LogP contribution in [0, 0.1) is 18.3 Å². The summed E-state index contributed by atoms with van der Waals surface area (Å²) < 4.78 is 1.72. The highest BCUT2D eigenvalue weighted by atomic mass is 15.3. The first-order valence-electron chi connectivity index (χ1n) is 8.30. The minimum absolute atomic E-state index is 0.485. The van der Waals surface area contributed by atoms with E-state index < -0.39 is 0 Å². The van der Waals surface area contributed by atoms with E-state index in [2.05, 4.69) is 31.4 Å². The average Bonchev–Trinajstić information content (AvgIpc) is 3.15. The summed E-state index contributed by atoms with van der Waals surface area (Å²) in [5.41, 5.74) is 4.00. The summed E-state index contributed by atoms with van der Waals surface area (Å²) in [6.45, 7) is 1.85. The van der Waals surface area contributed by atoms with Crippen molar-refractivity contribution in [3.8, 4) is 23.0 Å². The van der Waals surface area contributed by atoms with Gasteiger partial charge in [0.25, 0.3) is 0 Å². The molecule has 0 aliphatic heterocycles. The molecule has 0 fully saturated rings. The van der Waals surface area contributed by atoms with Crippen molar-refractivity contribution in [3.63, 3.8) is 0 Å². The third-order valence-corrected chi connectivity index (χ3v) is 3.94.